The zero-order valence-corrected chi connectivity index (χ0v) is 17.4. The number of carbonyl (C=O) groups excluding carboxylic acids is 1. The highest BCUT2D eigenvalue weighted by molar-refractivity contribution is 5.90. The van der Waals surface area contributed by atoms with Gasteiger partial charge in [-0.15, -0.1) is 10.2 Å². The van der Waals surface area contributed by atoms with Gasteiger partial charge in [0.2, 0.25) is 5.82 Å². The van der Waals surface area contributed by atoms with Crippen molar-refractivity contribution in [2.75, 3.05) is 40.3 Å². The van der Waals surface area contributed by atoms with Crippen molar-refractivity contribution < 1.29 is 9.18 Å². The van der Waals surface area contributed by atoms with Gasteiger partial charge in [-0.1, -0.05) is 12.1 Å². The van der Waals surface area contributed by atoms with Crippen molar-refractivity contribution in [3.05, 3.63) is 46.8 Å². The number of nitrogens with one attached hydrogen (secondary N) is 1. The summed E-state index contributed by atoms with van der Waals surface area (Å²) in [5.41, 5.74) is 1.69. The van der Waals surface area contributed by atoms with Gasteiger partial charge >= 0.3 is 0 Å². The fourth-order valence-electron chi connectivity index (χ4n) is 4.38. The second-order valence-corrected chi connectivity index (χ2v) is 8.61. The zero-order chi connectivity index (χ0) is 20.5. The molecule has 3 heterocycles. The molecule has 4 rings (SSSR count). The first-order valence-electron chi connectivity index (χ1n) is 10.2. The summed E-state index contributed by atoms with van der Waals surface area (Å²) in [6.07, 6.45) is 0.835. The van der Waals surface area contributed by atoms with Crippen LogP contribution in [0.3, 0.4) is 0 Å². The fraction of sp³-hybridized carbons (Fsp3) is 0.571. The molecule has 2 aliphatic heterocycles. The molecular formula is C21H29FN6O. The molecule has 1 aromatic carbocycles. The largest absolute Gasteiger partial charge is 0.348 e. The number of aryl methyl sites for hydroxylation is 1. The van der Waals surface area contributed by atoms with Crippen molar-refractivity contribution in [3.63, 3.8) is 0 Å². The molecule has 0 bridgehead atoms. The van der Waals surface area contributed by atoms with Crippen LogP contribution in [0.5, 0.6) is 0 Å². The van der Waals surface area contributed by atoms with Crippen LogP contribution in [-0.2, 0) is 19.5 Å². The number of likely N-dealkylation sites (tertiary alicyclic amines) is 1. The van der Waals surface area contributed by atoms with Crippen LogP contribution in [0.25, 0.3) is 0 Å². The van der Waals surface area contributed by atoms with Crippen LogP contribution in [0, 0.1) is 24.6 Å². The minimum absolute atomic E-state index is 0.143. The third kappa shape index (κ3) is 4.33. The zero-order valence-electron chi connectivity index (χ0n) is 17.4. The standard InChI is InChI=1S/C21H29FN6O/c1-14-4-5-15(8-18(14)22)10-27-11-16-9-19-24-25-20(28(19)13-17(16)12-27)21(29)23-6-7-26(2)3/h4-5,8,16-17H,6-7,9-13H2,1-3H3,(H,23,29)/t16-,17+/m1/s1. The number of rotatable bonds is 6. The molecule has 1 aromatic heterocycles. The molecule has 1 amide bonds. The predicted molar refractivity (Wildman–Crippen MR) is 108 cm³/mol. The molecule has 1 fully saturated rings. The Bertz CT molecular complexity index is 895. The molecule has 0 spiro atoms. The average Bonchev–Trinajstić information content (AvgIpc) is 3.25. The Morgan fingerprint density at radius 3 is 2.79 bits per heavy atom. The van der Waals surface area contributed by atoms with E-state index < -0.39 is 0 Å². The highest BCUT2D eigenvalue weighted by Crippen LogP contribution is 2.33. The van der Waals surface area contributed by atoms with E-state index in [1.165, 1.54) is 0 Å². The summed E-state index contributed by atoms with van der Waals surface area (Å²) < 4.78 is 15.8. The van der Waals surface area contributed by atoms with Crippen LogP contribution in [0.15, 0.2) is 18.2 Å². The van der Waals surface area contributed by atoms with Crippen molar-refractivity contribution in [3.8, 4) is 0 Å². The number of aromatic nitrogens is 3. The van der Waals surface area contributed by atoms with Gasteiger partial charge in [0.05, 0.1) is 0 Å². The van der Waals surface area contributed by atoms with Crippen LogP contribution in [0.1, 0.15) is 27.6 Å². The van der Waals surface area contributed by atoms with Crippen molar-refractivity contribution in [1.82, 2.24) is 29.9 Å². The molecule has 7 nitrogen and oxygen atoms in total. The number of carbonyl (C=O) groups is 1. The van der Waals surface area contributed by atoms with Crippen molar-refractivity contribution in [2.24, 2.45) is 11.8 Å². The maximum Gasteiger partial charge on any atom is 0.289 e. The maximum absolute atomic E-state index is 13.9. The van der Waals surface area contributed by atoms with Gasteiger partial charge in [-0.25, -0.2) is 4.39 Å². The van der Waals surface area contributed by atoms with Crippen LogP contribution in [0.4, 0.5) is 4.39 Å². The summed E-state index contributed by atoms with van der Waals surface area (Å²) >= 11 is 0. The summed E-state index contributed by atoms with van der Waals surface area (Å²) in [6.45, 7) is 6.59. The smallest absolute Gasteiger partial charge is 0.289 e. The summed E-state index contributed by atoms with van der Waals surface area (Å²) in [6, 6.07) is 5.49. The lowest BCUT2D eigenvalue weighted by molar-refractivity contribution is 0.0932. The monoisotopic (exact) mass is 400 g/mol. The molecule has 1 N–H and O–H groups in total. The lowest BCUT2D eigenvalue weighted by Gasteiger charge is -2.25. The Hall–Kier alpha value is -2.32. The number of hydrogen-bond acceptors (Lipinski definition) is 5. The Balaban J connectivity index is 1.39. The van der Waals surface area contributed by atoms with E-state index in [-0.39, 0.29) is 11.7 Å². The van der Waals surface area contributed by atoms with E-state index in [2.05, 4.69) is 20.4 Å². The van der Waals surface area contributed by atoms with E-state index in [0.29, 0.717) is 29.8 Å². The van der Waals surface area contributed by atoms with E-state index in [1.807, 2.05) is 35.7 Å². The number of halogens is 1. The molecule has 0 saturated carbocycles. The van der Waals surface area contributed by atoms with E-state index in [0.717, 1.165) is 50.5 Å². The molecule has 2 aromatic rings. The second-order valence-electron chi connectivity index (χ2n) is 8.61. The van der Waals surface area contributed by atoms with Crippen LogP contribution in [-0.4, -0.2) is 70.7 Å². The van der Waals surface area contributed by atoms with Crippen molar-refractivity contribution >= 4 is 5.91 Å². The molecule has 0 unspecified atom stereocenters. The predicted octanol–water partition coefficient (Wildman–Crippen LogP) is 1.32. The van der Waals surface area contributed by atoms with Crippen molar-refractivity contribution in [1.29, 1.82) is 0 Å². The average molecular weight is 401 g/mol. The summed E-state index contributed by atoms with van der Waals surface area (Å²) in [7, 11) is 3.95. The number of benzene rings is 1. The van der Waals surface area contributed by atoms with E-state index in [1.54, 1.807) is 13.0 Å². The molecule has 2 aliphatic rings. The van der Waals surface area contributed by atoms with Gasteiger partial charge in [-0.2, -0.15) is 0 Å². The molecular weight excluding hydrogens is 371 g/mol. The van der Waals surface area contributed by atoms with Gasteiger partial charge in [0.25, 0.3) is 5.91 Å². The Kier molecular flexibility index (Phi) is 5.65. The topological polar surface area (TPSA) is 66.3 Å². The summed E-state index contributed by atoms with van der Waals surface area (Å²) in [4.78, 5) is 16.9. The quantitative estimate of drug-likeness (QED) is 0.792. The lowest BCUT2D eigenvalue weighted by Crippen LogP contribution is -2.35. The third-order valence-electron chi connectivity index (χ3n) is 6.03. The molecule has 1 saturated heterocycles. The van der Waals surface area contributed by atoms with Gasteiger partial charge in [-0.05, 0) is 50.0 Å². The summed E-state index contributed by atoms with van der Waals surface area (Å²) in [5.74, 6) is 1.97. The van der Waals surface area contributed by atoms with Gasteiger partial charge < -0.3 is 14.8 Å². The number of likely N-dealkylation sites (N-methyl/N-ethyl adjacent to an activating group) is 1. The van der Waals surface area contributed by atoms with E-state index in [9.17, 15) is 9.18 Å². The van der Waals surface area contributed by atoms with Crippen LogP contribution in [0.2, 0.25) is 0 Å². The van der Waals surface area contributed by atoms with Crippen LogP contribution >= 0.6 is 0 Å². The maximum atomic E-state index is 13.9. The molecule has 156 valence electrons. The normalized spacial score (nSPS) is 21.3. The Labute approximate surface area is 170 Å². The number of hydrogen-bond donors (Lipinski definition) is 1. The molecule has 0 radical (unpaired) electrons. The van der Waals surface area contributed by atoms with Gasteiger partial charge in [0, 0.05) is 45.7 Å². The molecule has 2 atom stereocenters. The molecule has 0 aliphatic carbocycles. The first-order chi connectivity index (χ1) is 13.9. The second kappa shape index (κ2) is 8.20. The van der Waals surface area contributed by atoms with Gasteiger partial charge in [0.1, 0.15) is 11.6 Å². The minimum atomic E-state index is -0.158. The van der Waals surface area contributed by atoms with Crippen LogP contribution < -0.4 is 5.32 Å². The van der Waals surface area contributed by atoms with Gasteiger partial charge in [0.15, 0.2) is 0 Å². The van der Waals surface area contributed by atoms with E-state index >= 15 is 0 Å². The molecule has 8 heteroatoms. The highest BCUT2D eigenvalue weighted by Gasteiger charge is 2.39. The fourth-order valence-corrected chi connectivity index (χ4v) is 4.38. The number of nitrogens with zero attached hydrogens (tertiary/aromatic N) is 5. The summed E-state index contributed by atoms with van der Waals surface area (Å²) in [5, 5.41) is 11.4. The van der Waals surface area contributed by atoms with Gasteiger partial charge in [-0.3, -0.25) is 9.69 Å². The van der Waals surface area contributed by atoms with E-state index in [4.69, 9.17) is 0 Å². The Morgan fingerprint density at radius 2 is 2.03 bits per heavy atom. The first-order valence-corrected chi connectivity index (χ1v) is 10.2. The lowest BCUT2D eigenvalue weighted by atomic mass is 9.89. The molecule has 29 heavy (non-hydrogen) atoms. The van der Waals surface area contributed by atoms with Crippen molar-refractivity contribution in [2.45, 2.75) is 26.4 Å². The first kappa shape index (κ1) is 20.0. The third-order valence-corrected chi connectivity index (χ3v) is 6.03. The number of fused-ring (bicyclic) bond motifs is 2. The minimum Gasteiger partial charge on any atom is -0.348 e. The Morgan fingerprint density at radius 1 is 1.24 bits per heavy atom. The SMILES string of the molecule is Cc1ccc(CN2C[C@H]3Cc4nnc(C(=O)NCCN(C)C)n4C[C@@H]3C2)cc1F. The number of amides is 1. The highest BCUT2D eigenvalue weighted by atomic mass is 19.1.